The maximum Gasteiger partial charge on any atom is 0.256 e. The monoisotopic (exact) mass is 431 g/mol. The topological polar surface area (TPSA) is 37.1 Å². The van der Waals surface area contributed by atoms with Gasteiger partial charge in [-0.2, -0.15) is 4.52 Å². The van der Waals surface area contributed by atoms with Crippen molar-refractivity contribution in [2.24, 2.45) is 13.5 Å². The summed E-state index contributed by atoms with van der Waals surface area (Å²) in [4.78, 5) is -1.89. The van der Waals surface area contributed by atoms with Gasteiger partial charge >= 0.3 is 0 Å². The van der Waals surface area contributed by atoms with Crippen molar-refractivity contribution < 1.29 is 0 Å². The van der Waals surface area contributed by atoms with Crippen LogP contribution in [0.25, 0.3) is 0 Å². The first-order valence-corrected chi connectivity index (χ1v) is 14.7. The van der Waals surface area contributed by atoms with Crippen LogP contribution in [-0.2, 0) is 0 Å². The molecule has 1 aliphatic heterocycles. The highest BCUT2D eigenvalue weighted by atomic mass is 127. The maximum absolute atomic E-state index is 5.88. The van der Waals surface area contributed by atoms with Crippen LogP contribution >= 0.6 is 83.7 Å². The first kappa shape index (κ1) is 13.6. The second-order valence-electron chi connectivity index (χ2n) is 2.14. The molecule has 0 fully saturated rings. The van der Waals surface area contributed by atoms with E-state index in [4.69, 9.17) is 45.0 Å². The van der Waals surface area contributed by atoms with Gasteiger partial charge in [0, 0.05) is 6.16 Å². The van der Waals surface area contributed by atoms with Crippen LogP contribution in [0.5, 0.6) is 0 Å². The third kappa shape index (κ3) is 4.15. The second-order valence-corrected chi connectivity index (χ2v) is 19.4. The third-order valence-corrected chi connectivity index (χ3v) is 17.9. The molecule has 0 aliphatic carbocycles. The SMILES string of the molecule is CCP1(I)=NP(Cl)(Cl)=NP(Cl)(Cl)=N1. The Bertz CT molecular complexity index is 371. The Hall–Kier alpha value is 2.58. The lowest BCUT2D eigenvalue weighted by Crippen LogP contribution is -1.73. The average molecular weight is 433 g/mol. The van der Waals surface area contributed by atoms with Crippen LogP contribution in [0.1, 0.15) is 6.92 Å². The van der Waals surface area contributed by atoms with E-state index in [1.807, 2.05) is 6.92 Å². The molecule has 0 amide bonds. The Kier molecular flexibility index (Phi) is 4.67. The summed E-state index contributed by atoms with van der Waals surface area (Å²) in [5, 5.41) is 0. The highest BCUT2D eigenvalue weighted by Gasteiger charge is 2.30. The van der Waals surface area contributed by atoms with Crippen LogP contribution < -0.4 is 0 Å². The van der Waals surface area contributed by atoms with E-state index in [9.17, 15) is 0 Å². The van der Waals surface area contributed by atoms with Crippen LogP contribution in [0.15, 0.2) is 13.5 Å². The van der Waals surface area contributed by atoms with E-state index in [-0.39, 0.29) is 0 Å². The van der Waals surface area contributed by atoms with Crippen LogP contribution in [-0.4, -0.2) is 6.16 Å². The molecule has 0 saturated carbocycles. The Morgan fingerprint density at radius 3 is 1.85 bits per heavy atom. The summed E-state index contributed by atoms with van der Waals surface area (Å²) in [5.41, 5.74) is 0. The van der Waals surface area contributed by atoms with E-state index in [1.165, 1.54) is 0 Å². The van der Waals surface area contributed by atoms with Crippen molar-refractivity contribution >= 4 is 83.7 Å². The van der Waals surface area contributed by atoms with Gasteiger partial charge in [0.2, 0.25) is 0 Å². The van der Waals surface area contributed by atoms with Gasteiger partial charge < -0.3 is 0 Å². The highest BCUT2D eigenvalue weighted by molar-refractivity contribution is 14.2. The van der Waals surface area contributed by atoms with Crippen molar-refractivity contribution in [2.75, 3.05) is 6.16 Å². The van der Waals surface area contributed by atoms with E-state index in [1.54, 1.807) is 0 Å². The first-order chi connectivity index (χ1) is 5.68. The number of hydrogen-bond acceptors (Lipinski definition) is 3. The summed E-state index contributed by atoms with van der Waals surface area (Å²) in [6.45, 7) is 1.96. The molecular formula is C2H5Cl4IN3P3. The molecule has 1 unspecified atom stereocenters. The van der Waals surface area contributed by atoms with Crippen LogP contribution in [0, 0.1) is 0 Å². The summed E-state index contributed by atoms with van der Waals surface area (Å²) in [5.74, 6) is -5.34. The molecule has 11 heteroatoms. The van der Waals surface area contributed by atoms with Crippen molar-refractivity contribution in [3.8, 4) is 0 Å². The highest BCUT2D eigenvalue weighted by Crippen LogP contribution is 2.87. The average Bonchev–Trinajstić information content (AvgIpc) is 1.79. The molecule has 0 radical (unpaired) electrons. The molecule has 13 heavy (non-hydrogen) atoms. The molecular weight excluding hydrogens is 428 g/mol. The molecule has 1 rings (SSSR count). The molecule has 0 spiro atoms. The van der Waals surface area contributed by atoms with Crippen molar-refractivity contribution in [3.63, 3.8) is 0 Å². The molecule has 0 saturated heterocycles. The number of nitrogens with zero attached hydrogens (tertiary/aromatic N) is 3. The predicted molar refractivity (Wildman–Crippen MR) is 76.0 cm³/mol. The van der Waals surface area contributed by atoms with Gasteiger partial charge in [0.1, 0.15) is 4.85 Å². The standard InChI is InChI=1S/C2H5Cl4IN3P3/c1-2-11(7)8-12(3,4)10-13(5,6)9-11/h2H2,1H3. The van der Waals surface area contributed by atoms with Gasteiger partial charge in [0.25, 0.3) is 11.8 Å². The summed E-state index contributed by atoms with van der Waals surface area (Å²) < 4.78 is 12.3. The van der Waals surface area contributed by atoms with Crippen LogP contribution in [0.4, 0.5) is 0 Å². The molecule has 0 aromatic rings. The molecule has 0 bridgehead atoms. The fourth-order valence-corrected chi connectivity index (χ4v) is 24.6. The van der Waals surface area contributed by atoms with Gasteiger partial charge in [0.15, 0.2) is 0 Å². The summed E-state index contributed by atoms with van der Waals surface area (Å²) in [7, 11) is 0. The van der Waals surface area contributed by atoms with Crippen molar-refractivity contribution in [3.05, 3.63) is 0 Å². The quantitative estimate of drug-likeness (QED) is 0.307. The van der Waals surface area contributed by atoms with Gasteiger partial charge in [-0.1, -0.05) is 6.92 Å². The molecule has 1 atom stereocenters. The lowest BCUT2D eigenvalue weighted by atomic mass is 11.0. The minimum absolute atomic E-state index is 0.755. The third-order valence-electron chi connectivity index (χ3n) is 1.11. The number of halogens is 5. The predicted octanol–water partition coefficient (Wildman–Crippen LogP) is 7.33. The molecule has 3 nitrogen and oxygen atoms in total. The van der Waals surface area contributed by atoms with Crippen molar-refractivity contribution in [1.29, 1.82) is 0 Å². The Labute approximate surface area is 109 Å². The second kappa shape index (κ2) is 4.45. The number of rotatable bonds is 1. The fourth-order valence-electron chi connectivity index (χ4n) is 0.639. The largest absolute Gasteiger partial charge is 0.256 e. The minimum atomic E-state index is -2.67. The van der Waals surface area contributed by atoms with Gasteiger partial charge in [-0.15, -0.1) is 0 Å². The van der Waals surface area contributed by atoms with E-state index >= 15 is 0 Å². The Morgan fingerprint density at radius 1 is 1.00 bits per heavy atom. The van der Waals surface area contributed by atoms with E-state index < -0.39 is 16.7 Å². The smallest absolute Gasteiger partial charge is 0.204 e. The zero-order valence-corrected chi connectivity index (χ0v) is 14.1. The lowest BCUT2D eigenvalue weighted by Gasteiger charge is -2.20. The van der Waals surface area contributed by atoms with Crippen LogP contribution in [0.3, 0.4) is 0 Å². The normalized spacial score (nSPS) is 35.5. The Balaban J connectivity index is 3.44. The summed E-state index contributed by atoms with van der Waals surface area (Å²) >= 11 is 25.7. The van der Waals surface area contributed by atoms with Crippen molar-refractivity contribution in [1.82, 2.24) is 0 Å². The van der Waals surface area contributed by atoms with Gasteiger partial charge in [0.05, 0.1) is 0 Å². The molecule has 0 aromatic carbocycles. The molecule has 78 valence electrons. The van der Waals surface area contributed by atoms with E-state index in [0.29, 0.717) is 0 Å². The van der Waals surface area contributed by atoms with Gasteiger partial charge in [-0.3, -0.25) is 0 Å². The number of hydrogen-bond donors (Lipinski definition) is 0. The summed E-state index contributed by atoms with van der Waals surface area (Å²) in [6, 6.07) is 0. The zero-order chi connectivity index (χ0) is 10.3. The fraction of sp³-hybridized carbons (Fsp3) is 1.00. The summed E-state index contributed by atoms with van der Waals surface area (Å²) in [6.07, 6.45) is 0.755. The maximum atomic E-state index is 5.88. The molecule has 1 heterocycles. The van der Waals surface area contributed by atoms with E-state index in [2.05, 4.69) is 35.6 Å². The molecule has 0 N–H and O–H groups in total. The van der Waals surface area contributed by atoms with Gasteiger partial charge in [-0.25, -0.2) is 9.03 Å². The van der Waals surface area contributed by atoms with E-state index in [0.717, 1.165) is 6.16 Å². The molecule has 1 aliphatic rings. The van der Waals surface area contributed by atoms with Gasteiger partial charge in [-0.05, 0) is 67.0 Å². The Morgan fingerprint density at radius 2 is 1.46 bits per heavy atom. The zero-order valence-electron chi connectivity index (χ0n) is 6.28. The van der Waals surface area contributed by atoms with Crippen molar-refractivity contribution in [2.45, 2.75) is 6.92 Å². The molecule has 0 aromatic heterocycles. The lowest BCUT2D eigenvalue weighted by molar-refractivity contribution is 1.48. The van der Waals surface area contributed by atoms with Crippen LogP contribution in [0.2, 0.25) is 0 Å². The minimum Gasteiger partial charge on any atom is -0.204 e. The first-order valence-electron chi connectivity index (χ1n) is 3.07.